The van der Waals surface area contributed by atoms with E-state index in [-0.39, 0.29) is 6.04 Å². The van der Waals surface area contributed by atoms with Gasteiger partial charge in [-0.3, -0.25) is 4.79 Å². The molecule has 3 aliphatic rings. The minimum Gasteiger partial charge on any atom is -0.337 e. The van der Waals surface area contributed by atoms with Gasteiger partial charge in [0.25, 0.3) is 0 Å². The van der Waals surface area contributed by atoms with Crippen LogP contribution in [0.2, 0.25) is 0 Å². The number of carbonyl (C=O) groups is 1. The quantitative estimate of drug-likeness (QED) is 0.843. The minimum absolute atomic E-state index is 0.269. The van der Waals surface area contributed by atoms with Gasteiger partial charge in [0, 0.05) is 24.5 Å². The standard InChI is InChI=1S/C18H32N2O/c1-2-13-6-8-15(9-7-13)20(16-10-11-16)18(21)12-14-4-3-5-17(14)19/h13-17H,2-12,19H2,1H3/t13?,14-,15?,17+/m0/s1. The smallest absolute Gasteiger partial charge is 0.223 e. The van der Waals surface area contributed by atoms with E-state index < -0.39 is 0 Å². The summed E-state index contributed by atoms with van der Waals surface area (Å²) >= 11 is 0. The first kappa shape index (κ1) is 15.3. The van der Waals surface area contributed by atoms with Crippen molar-refractivity contribution >= 4 is 5.91 Å². The molecule has 0 unspecified atom stereocenters. The first-order chi connectivity index (χ1) is 10.2. The molecule has 0 spiro atoms. The summed E-state index contributed by atoms with van der Waals surface area (Å²) in [6.45, 7) is 2.30. The lowest BCUT2D eigenvalue weighted by Gasteiger charge is -2.38. The summed E-state index contributed by atoms with van der Waals surface area (Å²) in [4.78, 5) is 15.1. The second-order valence-electron chi connectivity index (χ2n) is 7.67. The van der Waals surface area contributed by atoms with Gasteiger partial charge in [-0.1, -0.05) is 19.8 Å². The molecule has 2 N–H and O–H groups in total. The van der Waals surface area contributed by atoms with Gasteiger partial charge in [-0.25, -0.2) is 0 Å². The van der Waals surface area contributed by atoms with Crippen LogP contribution >= 0.6 is 0 Å². The van der Waals surface area contributed by atoms with Gasteiger partial charge < -0.3 is 10.6 Å². The van der Waals surface area contributed by atoms with Crippen LogP contribution < -0.4 is 5.73 Å². The normalized spacial score (nSPS) is 36.7. The average Bonchev–Trinajstić information content (AvgIpc) is 3.24. The van der Waals surface area contributed by atoms with Gasteiger partial charge in [0.05, 0.1) is 0 Å². The Morgan fingerprint density at radius 3 is 2.10 bits per heavy atom. The zero-order valence-corrected chi connectivity index (χ0v) is 13.6. The zero-order chi connectivity index (χ0) is 14.8. The third-order valence-corrected chi connectivity index (χ3v) is 6.17. The second-order valence-corrected chi connectivity index (χ2v) is 7.67. The molecule has 0 saturated heterocycles. The third kappa shape index (κ3) is 3.61. The number of hydrogen-bond acceptors (Lipinski definition) is 2. The summed E-state index contributed by atoms with van der Waals surface area (Å²) in [5.74, 6) is 1.77. The van der Waals surface area contributed by atoms with Crippen molar-refractivity contribution in [2.24, 2.45) is 17.6 Å². The summed E-state index contributed by atoms with van der Waals surface area (Å²) in [5, 5.41) is 0. The number of rotatable bonds is 5. The fraction of sp³-hybridized carbons (Fsp3) is 0.944. The Kier molecular flexibility index (Phi) is 4.88. The fourth-order valence-corrected chi connectivity index (χ4v) is 4.54. The van der Waals surface area contributed by atoms with Crippen LogP contribution in [0.5, 0.6) is 0 Å². The number of nitrogens with zero attached hydrogens (tertiary/aromatic N) is 1. The summed E-state index contributed by atoms with van der Waals surface area (Å²) in [6.07, 6.45) is 13.1. The van der Waals surface area contributed by atoms with E-state index in [1.165, 1.54) is 51.4 Å². The summed E-state index contributed by atoms with van der Waals surface area (Å²) in [7, 11) is 0. The monoisotopic (exact) mass is 292 g/mol. The number of hydrogen-bond donors (Lipinski definition) is 1. The predicted octanol–water partition coefficient (Wildman–Crippen LogP) is 3.46. The summed E-state index contributed by atoms with van der Waals surface area (Å²) < 4.78 is 0. The highest BCUT2D eigenvalue weighted by Crippen LogP contribution is 2.37. The Labute approximate surface area is 129 Å². The lowest BCUT2D eigenvalue weighted by Crippen LogP contribution is -2.45. The van der Waals surface area contributed by atoms with Crippen molar-refractivity contribution in [2.75, 3.05) is 0 Å². The van der Waals surface area contributed by atoms with Gasteiger partial charge in [0.1, 0.15) is 0 Å². The Morgan fingerprint density at radius 1 is 1.00 bits per heavy atom. The Morgan fingerprint density at radius 2 is 1.62 bits per heavy atom. The first-order valence-electron chi connectivity index (χ1n) is 9.25. The van der Waals surface area contributed by atoms with Crippen molar-refractivity contribution in [3.05, 3.63) is 0 Å². The molecule has 0 radical (unpaired) electrons. The van der Waals surface area contributed by atoms with Crippen LogP contribution in [0, 0.1) is 11.8 Å². The molecule has 0 aromatic heterocycles. The highest BCUT2D eigenvalue weighted by atomic mass is 16.2. The van der Waals surface area contributed by atoms with Crippen LogP contribution in [-0.4, -0.2) is 28.9 Å². The molecule has 3 saturated carbocycles. The van der Waals surface area contributed by atoms with Gasteiger partial charge in [-0.05, 0) is 63.2 Å². The SMILES string of the molecule is CCC1CCC(N(C(=O)C[C@@H]2CCC[C@H]2N)C2CC2)CC1. The molecule has 0 aromatic rings. The third-order valence-electron chi connectivity index (χ3n) is 6.17. The second kappa shape index (κ2) is 6.68. The lowest BCUT2D eigenvalue weighted by molar-refractivity contribution is -0.136. The molecule has 120 valence electrons. The Hall–Kier alpha value is -0.570. The molecule has 0 bridgehead atoms. The molecular weight excluding hydrogens is 260 g/mol. The molecule has 2 atom stereocenters. The van der Waals surface area contributed by atoms with Crippen LogP contribution in [0.25, 0.3) is 0 Å². The highest BCUT2D eigenvalue weighted by molar-refractivity contribution is 5.77. The summed E-state index contributed by atoms with van der Waals surface area (Å²) in [6, 6.07) is 1.37. The van der Waals surface area contributed by atoms with Crippen molar-refractivity contribution in [1.82, 2.24) is 4.90 Å². The van der Waals surface area contributed by atoms with Crippen molar-refractivity contribution in [1.29, 1.82) is 0 Å². The van der Waals surface area contributed by atoms with Crippen LogP contribution in [0.15, 0.2) is 0 Å². The van der Waals surface area contributed by atoms with Gasteiger partial charge in [-0.15, -0.1) is 0 Å². The van der Waals surface area contributed by atoms with E-state index in [9.17, 15) is 4.79 Å². The fourth-order valence-electron chi connectivity index (χ4n) is 4.54. The maximum absolute atomic E-state index is 12.8. The lowest BCUT2D eigenvalue weighted by atomic mass is 9.83. The molecule has 21 heavy (non-hydrogen) atoms. The maximum atomic E-state index is 12.8. The van der Waals surface area contributed by atoms with E-state index in [1.807, 2.05) is 0 Å². The van der Waals surface area contributed by atoms with Crippen molar-refractivity contribution in [3.63, 3.8) is 0 Å². The molecule has 0 heterocycles. The van der Waals surface area contributed by atoms with Crippen LogP contribution in [0.3, 0.4) is 0 Å². The van der Waals surface area contributed by atoms with Crippen LogP contribution in [0.4, 0.5) is 0 Å². The van der Waals surface area contributed by atoms with E-state index in [4.69, 9.17) is 5.73 Å². The van der Waals surface area contributed by atoms with Crippen molar-refractivity contribution in [3.8, 4) is 0 Å². The highest BCUT2D eigenvalue weighted by Gasteiger charge is 2.39. The van der Waals surface area contributed by atoms with E-state index >= 15 is 0 Å². The molecule has 1 amide bonds. The first-order valence-corrected chi connectivity index (χ1v) is 9.25. The number of nitrogens with two attached hydrogens (primary N) is 1. The Bertz CT molecular complexity index is 358. The van der Waals surface area contributed by atoms with Crippen molar-refractivity contribution < 1.29 is 4.79 Å². The molecule has 3 fully saturated rings. The molecule has 0 aliphatic heterocycles. The molecule has 3 heteroatoms. The maximum Gasteiger partial charge on any atom is 0.223 e. The van der Waals surface area contributed by atoms with E-state index in [0.29, 0.717) is 30.3 Å². The van der Waals surface area contributed by atoms with Gasteiger partial charge in [0.15, 0.2) is 0 Å². The summed E-state index contributed by atoms with van der Waals surface area (Å²) in [5.41, 5.74) is 6.16. The molecule has 0 aromatic carbocycles. The van der Waals surface area contributed by atoms with Gasteiger partial charge >= 0.3 is 0 Å². The zero-order valence-electron chi connectivity index (χ0n) is 13.6. The number of carbonyl (C=O) groups excluding carboxylic acids is 1. The van der Waals surface area contributed by atoms with E-state index in [0.717, 1.165) is 18.8 Å². The minimum atomic E-state index is 0.269. The number of amides is 1. The molecule has 3 aliphatic carbocycles. The molecule has 3 nitrogen and oxygen atoms in total. The largest absolute Gasteiger partial charge is 0.337 e. The van der Waals surface area contributed by atoms with E-state index in [1.54, 1.807) is 0 Å². The van der Waals surface area contributed by atoms with Gasteiger partial charge in [-0.2, -0.15) is 0 Å². The van der Waals surface area contributed by atoms with Gasteiger partial charge in [0.2, 0.25) is 5.91 Å². The van der Waals surface area contributed by atoms with Crippen LogP contribution in [-0.2, 0) is 4.79 Å². The molecular formula is C18H32N2O. The van der Waals surface area contributed by atoms with Crippen molar-refractivity contribution in [2.45, 2.75) is 95.7 Å². The predicted molar refractivity (Wildman–Crippen MR) is 85.8 cm³/mol. The van der Waals surface area contributed by atoms with E-state index in [2.05, 4.69) is 11.8 Å². The Balaban J connectivity index is 1.58. The average molecular weight is 292 g/mol. The topological polar surface area (TPSA) is 46.3 Å². The van der Waals surface area contributed by atoms with Crippen LogP contribution in [0.1, 0.15) is 77.6 Å². The molecule has 3 rings (SSSR count).